The summed E-state index contributed by atoms with van der Waals surface area (Å²) in [5.41, 5.74) is 0.995. The van der Waals surface area contributed by atoms with Crippen LogP contribution in [0.1, 0.15) is 15.4 Å². The van der Waals surface area contributed by atoms with Gasteiger partial charge in [-0.15, -0.1) is 0 Å². The molecule has 1 N–H and O–H groups in total. The average molecular weight is 252 g/mol. The predicted molar refractivity (Wildman–Crippen MR) is 61.6 cm³/mol. The molecule has 0 atom stereocenters. The summed E-state index contributed by atoms with van der Waals surface area (Å²) >= 11 is 1.42. The highest BCUT2D eigenvalue weighted by molar-refractivity contribution is 7.18. The van der Waals surface area contributed by atoms with Crippen LogP contribution in [0.25, 0.3) is 10.2 Å². The van der Waals surface area contributed by atoms with Crippen LogP contribution in [0.2, 0.25) is 0 Å². The standard InChI is InChI=1S/C11H9NO4S/c1-3-15-16-12-7(2)17-10-6-8(11(13)14)4-5-9(10)12/h3-6H,1H2,2H3/p+1. The van der Waals surface area contributed by atoms with Crippen LogP contribution in [0, 0.1) is 6.92 Å². The first-order valence-electron chi connectivity index (χ1n) is 4.76. The zero-order valence-electron chi connectivity index (χ0n) is 9.04. The minimum atomic E-state index is -0.951. The smallest absolute Gasteiger partial charge is 0.335 e. The lowest BCUT2D eigenvalue weighted by molar-refractivity contribution is -0.937. The molecule has 2 rings (SSSR count). The topological polar surface area (TPSA) is 59.6 Å². The van der Waals surface area contributed by atoms with Crippen molar-refractivity contribution in [2.45, 2.75) is 6.92 Å². The average Bonchev–Trinajstić information content (AvgIpc) is 2.61. The van der Waals surface area contributed by atoms with Crippen LogP contribution in [-0.2, 0) is 4.89 Å². The summed E-state index contributed by atoms with van der Waals surface area (Å²) in [5.74, 6) is -0.951. The fraction of sp³-hybridized carbons (Fsp3) is 0.0909. The predicted octanol–water partition coefficient (Wildman–Crippen LogP) is 1.70. The summed E-state index contributed by atoms with van der Waals surface area (Å²) in [6.45, 7) is 5.22. The first kappa shape index (κ1) is 11.4. The molecule has 0 amide bonds. The number of carbonyl (C=O) groups is 1. The van der Waals surface area contributed by atoms with E-state index in [1.54, 1.807) is 12.1 Å². The first-order chi connectivity index (χ1) is 8.13. The van der Waals surface area contributed by atoms with E-state index in [4.69, 9.17) is 10.1 Å². The van der Waals surface area contributed by atoms with Crippen molar-refractivity contribution in [1.29, 1.82) is 0 Å². The van der Waals surface area contributed by atoms with E-state index in [0.717, 1.165) is 15.2 Å². The highest BCUT2D eigenvalue weighted by atomic mass is 32.1. The number of hydrogen-bond acceptors (Lipinski definition) is 4. The van der Waals surface area contributed by atoms with Crippen LogP contribution in [0.4, 0.5) is 0 Å². The van der Waals surface area contributed by atoms with Gasteiger partial charge in [0.25, 0.3) is 10.5 Å². The van der Waals surface area contributed by atoms with Gasteiger partial charge < -0.3 is 5.11 Å². The number of aryl methyl sites for hydroxylation is 1. The normalized spacial score (nSPS) is 10.2. The maximum absolute atomic E-state index is 10.8. The molecule has 0 unspecified atom stereocenters. The Bertz CT molecular complexity index is 590. The third-order valence-electron chi connectivity index (χ3n) is 2.15. The van der Waals surface area contributed by atoms with Gasteiger partial charge in [0.05, 0.1) is 10.3 Å². The summed E-state index contributed by atoms with van der Waals surface area (Å²) in [4.78, 5) is 20.5. The lowest BCUT2D eigenvalue weighted by atomic mass is 10.2. The Labute approximate surface area is 101 Å². The van der Waals surface area contributed by atoms with Gasteiger partial charge in [0.2, 0.25) is 0 Å². The molecule has 88 valence electrons. The van der Waals surface area contributed by atoms with Gasteiger partial charge in [-0.05, 0) is 17.1 Å². The minimum absolute atomic E-state index is 0.246. The fourth-order valence-electron chi connectivity index (χ4n) is 1.43. The number of carboxylic acids is 1. The minimum Gasteiger partial charge on any atom is -0.478 e. The molecule has 17 heavy (non-hydrogen) atoms. The third kappa shape index (κ3) is 2.07. The second kappa shape index (κ2) is 4.42. The number of aromatic nitrogens is 1. The lowest BCUT2D eigenvalue weighted by Crippen LogP contribution is -2.42. The molecule has 0 radical (unpaired) electrons. The molecule has 1 heterocycles. The number of thiazole rings is 1. The molecule has 6 heteroatoms. The Balaban J connectivity index is 2.52. The van der Waals surface area contributed by atoms with Gasteiger partial charge in [-0.2, -0.15) is 0 Å². The Morgan fingerprint density at radius 1 is 1.59 bits per heavy atom. The molecule has 2 aromatic rings. The van der Waals surface area contributed by atoms with E-state index in [1.165, 1.54) is 28.4 Å². The summed E-state index contributed by atoms with van der Waals surface area (Å²) in [7, 11) is 0. The number of nitrogens with zero attached hydrogens (tertiary/aromatic N) is 1. The Kier molecular flexibility index (Phi) is 2.97. The molecular formula is C11H10NO4S+. The Morgan fingerprint density at radius 2 is 2.35 bits per heavy atom. The van der Waals surface area contributed by atoms with E-state index in [1.807, 2.05) is 6.92 Å². The maximum Gasteiger partial charge on any atom is 0.335 e. The maximum atomic E-state index is 10.8. The Morgan fingerprint density at radius 3 is 3.00 bits per heavy atom. The van der Waals surface area contributed by atoms with E-state index < -0.39 is 5.97 Å². The summed E-state index contributed by atoms with van der Waals surface area (Å²) in [5, 5.41) is 9.73. The molecule has 0 aliphatic rings. The highest BCUT2D eigenvalue weighted by Gasteiger charge is 2.22. The fourth-order valence-corrected chi connectivity index (χ4v) is 2.40. The van der Waals surface area contributed by atoms with Crippen molar-refractivity contribution in [3.05, 3.63) is 41.6 Å². The molecule has 0 fully saturated rings. The van der Waals surface area contributed by atoms with Crippen molar-refractivity contribution in [2.24, 2.45) is 0 Å². The van der Waals surface area contributed by atoms with Crippen LogP contribution in [-0.4, -0.2) is 11.1 Å². The van der Waals surface area contributed by atoms with E-state index in [-0.39, 0.29) is 5.56 Å². The van der Waals surface area contributed by atoms with Crippen molar-refractivity contribution < 1.29 is 24.5 Å². The second-order valence-corrected chi connectivity index (χ2v) is 4.48. The van der Waals surface area contributed by atoms with Crippen LogP contribution in [0.5, 0.6) is 0 Å². The molecule has 1 aromatic heterocycles. The van der Waals surface area contributed by atoms with Crippen molar-refractivity contribution in [2.75, 3.05) is 0 Å². The highest BCUT2D eigenvalue weighted by Crippen LogP contribution is 2.21. The van der Waals surface area contributed by atoms with E-state index in [9.17, 15) is 4.79 Å². The van der Waals surface area contributed by atoms with Gasteiger partial charge in [0.1, 0.15) is 11.0 Å². The molecule has 0 saturated carbocycles. The van der Waals surface area contributed by atoms with Gasteiger partial charge in [0, 0.05) is 13.0 Å². The van der Waals surface area contributed by atoms with Crippen LogP contribution < -0.4 is 9.72 Å². The zero-order chi connectivity index (χ0) is 12.4. The number of carboxylic acid groups (broad SMARTS) is 1. The number of hydrogen-bond donors (Lipinski definition) is 1. The summed E-state index contributed by atoms with van der Waals surface area (Å²) in [6, 6.07) is 4.79. The molecule has 0 spiro atoms. The van der Waals surface area contributed by atoms with Crippen LogP contribution >= 0.6 is 11.3 Å². The summed E-state index contributed by atoms with van der Waals surface area (Å²) in [6.07, 6.45) is 1.17. The quantitative estimate of drug-likeness (QED) is 0.389. The van der Waals surface area contributed by atoms with E-state index >= 15 is 0 Å². The van der Waals surface area contributed by atoms with Crippen LogP contribution in [0.15, 0.2) is 31.0 Å². The SMILES string of the molecule is C=COO[n+]1c(C)sc2cc(C(=O)O)ccc21. The van der Waals surface area contributed by atoms with Gasteiger partial charge >= 0.3 is 5.97 Å². The van der Waals surface area contributed by atoms with Crippen molar-refractivity contribution in [1.82, 2.24) is 0 Å². The molecule has 1 aromatic carbocycles. The first-order valence-corrected chi connectivity index (χ1v) is 5.58. The monoisotopic (exact) mass is 252 g/mol. The number of fused-ring (bicyclic) bond motifs is 1. The van der Waals surface area contributed by atoms with Crippen molar-refractivity contribution in [3.63, 3.8) is 0 Å². The lowest BCUT2D eigenvalue weighted by Gasteiger charge is -1.93. The van der Waals surface area contributed by atoms with Crippen molar-refractivity contribution in [3.8, 4) is 0 Å². The molecular weight excluding hydrogens is 242 g/mol. The Hall–Kier alpha value is -2.08. The van der Waals surface area contributed by atoms with E-state index in [0.29, 0.717) is 0 Å². The van der Waals surface area contributed by atoms with Gasteiger partial charge in [-0.1, -0.05) is 17.9 Å². The number of rotatable bonds is 4. The molecule has 0 aliphatic carbocycles. The van der Waals surface area contributed by atoms with Crippen LogP contribution in [0.3, 0.4) is 0 Å². The third-order valence-corrected chi connectivity index (χ3v) is 3.16. The number of aromatic carboxylic acids is 1. The van der Waals surface area contributed by atoms with E-state index in [2.05, 4.69) is 11.5 Å². The molecule has 5 nitrogen and oxygen atoms in total. The van der Waals surface area contributed by atoms with Crippen molar-refractivity contribution >= 4 is 27.5 Å². The number of benzene rings is 1. The van der Waals surface area contributed by atoms with Gasteiger partial charge in [-0.3, -0.25) is 0 Å². The van der Waals surface area contributed by atoms with Gasteiger partial charge in [0.15, 0.2) is 0 Å². The second-order valence-electron chi connectivity index (χ2n) is 3.24. The molecule has 0 aliphatic heterocycles. The molecule has 0 saturated heterocycles. The largest absolute Gasteiger partial charge is 0.478 e. The molecule has 0 bridgehead atoms. The van der Waals surface area contributed by atoms with Gasteiger partial charge in [-0.25, -0.2) is 9.68 Å². The summed E-state index contributed by atoms with van der Waals surface area (Å²) < 4.78 is 2.29. The zero-order valence-corrected chi connectivity index (χ0v) is 9.86.